The Morgan fingerprint density at radius 1 is 1.30 bits per heavy atom. The predicted octanol–water partition coefficient (Wildman–Crippen LogP) is -8.08. The first-order chi connectivity index (χ1) is 3.41. The molecular weight excluding hydrogens is 235 g/mol. The van der Waals surface area contributed by atoms with Crippen molar-refractivity contribution in [2.45, 2.75) is 6.92 Å². The van der Waals surface area contributed by atoms with Gasteiger partial charge in [-0.05, 0) is 0 Å². The molecule has 0 aliphatic heterocycles. The molecule has 0 spiro atoms. The second kappa shape index (κ2) is 14.3. The average Bonchev–Trinajstić information content (AvgIpc) is 1.27. The summed E-state index contributed by atoms with van der Waals surface area (Å²) in [7, 11) is 0. The van der Waals surface area contributed by atoms with Crippen LogP contribution in [0.1, 0.15) is 6.92 Å². The molecule has 0 heterocycles. The minimum absolute atomic E-state index is 0. The van der Waals surface area contributed by atoms with Gasteiger partial charge in [-0.15, -0.1) is 0 Å². The second-order valence-corrected chi connectivity index (χ2v) is 1.78. The van der Waals surface area contributed by atoms with Crippen molar-refractivity contribution < 1.29 is 132 Å². The number of nitrogens with zero attached hydrogens (tertiary/aromatic N) is 1. The summed E-state index contributed by atoms with van der Waals surface area (Å²) in [6, 6.07) is 1.75. The number of hydrogen-bond donors (Lipinski definition) is 0. The molecule has 0 aromatic heterocycles. The monoisotopic (exact) mass is 238 g/mol. The van der Waals surface area contributed by atoms with Crippen LogP contribution in [-0.4, -0.2) is 0 Å². The van der Waals surface area contributed by atoms with E-state index in [2.05, 4.69) is 0 Å². The third kappa shape index (κ3) is 132. The van der Waals surface area contributed by atoms with Crippen molar-refractivity contribution in [2.24, 2.45) is 0 Å². The van der Waals surface area contributed by atoms with Crippen molar-refractivity contribution in [1.29, 1.82) is 5.26 Å². The molecule has 0 aromatic carbocycles. The van der Waals surface area contributed by atoms with Gasteiger partial charge in [0.1, 0.15) is 0 Å². The maximum absolute atomic E-state index is 8.58. The average molecular weight is 238 g/mol. The quantitative estimate of drug-likeness (QED) is 0.390. The molecule has 5 nitrogen and oxygen atoms in total. The Morgan fingerprint density at radius 3 is 1.30 bits per heavy atom. The molecule has 0 atom stereocenters. The van der Waals surface area contributed by atoms with Crippen molar-refractivity contribution in [2.75, 3.05) is 0 Å². The normalized spacial score (nSPS) is 6.60. The van der Waals surface area contributed by atoms with E-state index < -0.39 is 13.4 Å². The molecule has 10 heavy (non-hydrogen) atoms. The van der Waals surface area contributed by atoms with Crippen LogP contribution in [-0.2, 0) is 21.0 Å². The SMILES string of the molecule is CC#N.[K+].[K+].[O]=[Mn](=[O])([O-])[O-]. The minimum atomic E-state index is -5.62. The van der Waals surface area contributed by atoms with Crippen LogP contribution in [0.15, 0.2) is 0 Å². The van der Waals surface area contributed by atoms with E-state index in [1.807, 2.05) is 0 Å². The molecule has 0 aliphatic carbocycles. The number of hydrogen-bond acceptors (Lipinski definition) is 5. The molecule has 0 aromatic rings. The zero-order chi connectivity index (χ0) is 7.21. The van der Waals surface area contributed by atoms with Gasteiger partial charge in [-0.25, -0.2) is 0 Å². The fourth-order valence-electron chi connectivity index (χ4n) is 0. The summed E-state index contributed by atoms with van der Waals surface area (Å²) in [6.45, 7) is 1.43. The molecule has 0 bridgehead atoms. The Hall–Kier alpha value is 2.80. The van der Waals surface area contributed by atoms with Crippen molar-refractivity contribution in [3.05, 3.63) is 0 Å². The molecule has 0 saturated heterocycles. The molecule has 8 heteroatoms. The van der Waals surface area contributed by atoms with E-state index in [1.54, 1.807) is 6.07 Å². The summed E-state index contributed by atoms with van der Waals surface area (Å²) in [5.41, 5.74) is 0. The summed E-state index contributed by atoms with van der Waals surface area (Å²) in [5.74, 6) is 0. The second-order valence-electron chi connectivity index (χ2n) is 0.602. The van der Waals surface area contributed by atoms with Gasteiger partial charge in [0.05, 0.1) is 6.07 Å². The molecule has 0 aliphatic rings. The van der Waals surface area contributed by atoms with Gasteiger partial charge in [0.2, 0.25) is 0 Å². The van der Waals surface area contributed by atoms with E-state index in [1.165, 1.54) is 6.92 Å². The van der Waals surface area contributed by atoms with Crippen molar-refractivity contribution in [1.82, 2.24) is 0 Å². The number of nitriles is 1. The maximum atomic E-state index is 8.58. The molecule has 0 fully saturated rings. The van der Waals surface area contributed by atoms with Gasteiger partial charge in [-0.2, -0.15) is 5.26 Å². The van der Waals surface area contributed by atoms with Gasteiger partial charge >= 0.3 is 132 Å². The summed E-state index contributed by atoms with van der Waals surface area (Å²) >= 11 is -5.62. The van der Waals surface area contributed by atoms with Gasteiger partial charge in [-0.3, -0.25) is 0 Å². The van der Waals surface area contributed by atoms with Crippen molar-refractivity contribution in [3.63, 3.8) is 0 Å². The molecule has 0 unspecified atom stereocenters. The Balaban J connectivity index is -0.0000000326. The summed E-state index contributed by atoms with van der Waals surface area (Å²) in [5, 5.41) is 7.32. The van der Waals surface area contributed by atoms with Crippen LogP contribution >= 0.6 is 0 Å². The van der Waals surface area contributed by atoms with E-state index in [-0.39, 0.29) is 103 Å². The van der Waals surface area contributed by atoms with E-state index in [4.69, 9.17) is 21.3 Å². The number of rotatable bonds is 0. The van der Waals surface area contributed by atoms with Crippen LogP contribution in [0, 0.1) is 11.3 Å². The third-order valence-electron chi connectivity index (χ3n) is 0. The first-order valence-corrected chi connectivity index (χ1v) is 3.27. The third-order valence-corrected chi connectivity index (χ3v) is 0. The van der Waals surface area contributed by atoms with Crippen molar-refractivity contribution in [3.8, 4) is 6.07 Å². The topological polar surface area (TPSA) is 104 Å². The van der Waals surface area contributed by atoms with E-state index in [9.17, 15) is 0 Å². The molecule has 0 saturated carbocycles. The fourth-order valence-corrected chi connectivity index (χ4v) is 0. The molecule has 0 radical (unpaired) electrons. The summed E-state index contributed by atoms with van der Waals surface area (Å²) in [6.07, 6.45) is 0. The first-order valence-electron chi connectivity index (χ1n) is 1.34. The Morgan fingerprint density at radius 2 is 1.30 bits per heavy atom. The van der Waals surface area contributed by atoms with Gasteiger partial charge in [0.15, 0.2) is 0 Å². The van der Waals surface area contributed by atoms with Crippen LogP contribution < -0.4 is 111 Å². The molecule has 49 valence electrons. The summed E-state index contributed by atoms with van der Waals surface area (Å²) < 4.78 is 34.3. The molecule has 0 amide bonds. The van der Waals surface area contributed by atoms with Gasteiger partial charge < -0.3 is 0 Å². The predicted molar refractivity (Wildman–Crippen MR) is 12.7 cm³/mol. The van der Waals surface area contributed by atoms with Crippen LogP contribution in [0.5, 0.6) is 0 Å². The van der Waals surface area contributed by atoms with Gasteiger partial charge in [-0.1, -0.05) is 0 Å². The van der Waals surface area contributed by atoms with E-state index in [0.29, 0.717) is 0 Å². The Labute approximate surface area is 146 Å². The van der Waals surface area contributed by atoms with E-state index >= 15 is 0 Å². The van der Waals surface area contributed by atoms with Crippen LogP contribution in [0.2, 0.25) is 0 Å². The Bertz CT molecular complexity index is 162. The molecule has 0 N–H and O–H groups in total. The van der Waals surface area contributed by atoms with E-state index in [0.717, 1.165) is 0 Å². The molecule has 0 rings (SSSR count). The van der Waals surface area contributed by atoms with Gasteiger partial charge in [0, 0.05) is 6.92 Å². The zero-order valence-electron chi connectivity index (χ0n) is 5.96. The standard InChI is InChI=1S/C2H3N.2K.Mn.4O/c1-2-3;;;;;;;/h1H3;;;;;;;/q;2*+1;;;;2*-1. The van der Waals surface area contributed by atoms with Crippen molar-refractivity contribution >= 4 is 0 Å². The summed E-state index contributed by atoms with van der Waals surface area (Å²) in [4.78, 5) is 0. The zero-order valence-corrected chi connectivity index (χ0v) is 13.4. The van der Waals surface area contributed by atoms with Crippen LogP contribution in [0.4, 0.5) is 0 Å². The fraction of sp³-hybridized carbons (Fsp3) is 0.500. The van der Waals surface area contributed by atoms with Crippen LogP contribution in [0.3, 0.4) is 0 Å². The van der Waals surface area contributed by atoms with Gasteiger partial charge in [0.25, 0.3) is 0 Å². The first kappa shape index (κ1) is 23.0. The Kier molecular flexibility index (Phi) is 33.0. The molecular formula is C2H3K2MnNO4. The van der Waals surface area contributed by atoms with Crippen LogP contribution in [0.25, 0.3) is 0 Å².